The zero-order chi connectivity index (χ0) is 11.9. The van der Waals surface area contributed by atoms with Gasteiger partial charge in [-0.25, -0.2) is 0 Å². The summed E-state index contributed by atoms with van der Waals surface area (Å²) >= 11 is 0. The molecular weight excluding hydrogens is 210 g/mol. The number of carbonyl (C=O) groups is 1. The number of rotatable bonds is 2. The molecule has 6 nitrogen and oxygen atoms in total. The molecule has 0 atom stereocenters. The standard InChI is InChI=1S/C10H11N3O3/c1-5-7-3-6(4-8(14)15)10(16)11-9(7)13(2)12-5/h3H,4H2,1-2H3,(H,11,16)(H,14,15). The van der Waals surface area contributed by atoms with Crippen molar-refractivity contribution in [2.75, 3.05) is 0 Å². The summed E-state index contributed by atoms with van der Waals surface area (Å²) in [5.41, 5.74) is 1.24. The van der Waals surface area contributed by atoms with E-state index < -0.39 is 5.97 Å². The van der Waals surface area contributed by atoms with Gasteiger partial charge in [0.1, 0.15) is 5.65 Å². The maximum atomic E-state index is 11.6. The number of carboxylic acids is 1. The first kappa shape index (κ1) is 10.4. The van der Waals surface area contributed by atoms with Gasteiger partial charge in [-0.05, 0) is 13.0 Å². The lowest BCUT2D eigenvalue weighted by molar-refractivity contribution is -0.136. The number of carboxylic acid groups (broad SMARTS) is 1. The van der Waals surface area contributed by atoms with Crippen LogP contribution in [0.2, 0.25) is 0 Å². The maximum Gasteiger partial charge on any atom is 0.308 e. The molecule has 0 radical (unpaired) electrons. The fraction of sp³-hybridized carbons (Fsp3) is 0.300. The summed E-state index contributed by atoms with van der Waals surface area (Å²) in [6.45, 7) is 1.81. The predicted molar refractivity (Wildman–Crippen MR) is 57.4 cm³/mol. The maximum absolute atomic E-state index is 11.6. The van der Waals surface area contributed by atoms with Gasteiger partial charge in [-0.15, -0.1) is 0 Å². The van der Waals surface area contributed by atoms with Gasteiger partial charge in [-0.2, -0.15) is 5.10 Å². The van der Waals surface area contributed by atoms with Gasteiger partial charge in [0.2, 0.25) is 0 Å². The van der Waals surface area contributed by atoms with Crippen LogP contribution in [0.3, 0.4) is 0 Å². The third kappa shape index (κ3) is 1.58. The molecule has 0 fully saturated rings. The molecular formula is C10H11N3O3. The molecule has 6 heteroatoms. The quantitative estimate of drug-likeness (QED) is 0.758. The lowest BCUT2D eigenvalue weighted by atomic mass is 10.1. The van der Waals surface area contributed by atoms with Crippen LogP contribution in [-0.2, 0) is 18.3 Å². The van der Waals surface area contributed by atoms with Crippen LogP contribution in [-0.4, -0.2) is 25.8 Å². The summed E-state index contributed by atoms with van der Waals surface area (Å²) < 4.78 is 1.57. The molecule has 0 aliphatic rings. The van der Waals surface area contributed by atoms with Crippen LogP contribution in [0.15, 0.2) is 10.9 Å². The second kappa shape index (κ2) is 3.48. The highest BCUT2D eigenvalue weighted by molar-refractivity contribution is 5.80. The van der Waals surface area contributed by atoms with Crippen molar-refractivity contribution in [3.05, 3.63) is 27.7 Å². The molecule has 2 aromatic rings. The van der Waals surface area contributed by atoms with E-state index in [2.05, 4.69) is 10.1 Å². The van der Waals surface area contributed by atoms with E-state index in [1.54, 1.807) is 17.8 Å². The summed E-state index contributed by atoms with van der Waals surface area (Å²) in [6, 6.07) is 1.59. The van der Waals surface area contributed by atoms with Gasteiger partial charge in [0.25, 0.3) is 5.56 Å². The second-order valence-electron chi connectivity index (χ2n) is 3.67. The fourth-order valence-corrected chi connectivity index (χ4v) is 1.72. The van der Waals surface area contributed by atoms with Crippen LogP contribution in [0.4, 0.5) is 0 Å². The molecule has 0 bridgehead atoms. The van der Waals surface area contributed by atoms with E-state index in [1.165, 1.54) is 0 Å². The molecule has 0 aliphatic heterocycles. The first-order chi connectivity index (χ1) is 7.49. The number of aryl methyl sites for hydroxylation is 2. The molecule has 16 heavy (non-hydrogen) atoms. The fourth-order valence-electron chi connectivity index (χ4n) is 1.72. The number of aliphatic carboxylic acids is 1. The number of hydrogen-bond donors (Lipinski definition) is 2. The normalized spacial score (nSPS) is 10.9. The van der Waals surface area contributed by atoms with Crippen LogP contribution in [0.5, 0.6) is 0 Å². The first-order valence-corrected chi connectivity index (χ1v) is 4.76. The predicted octanol–water partition coefficient (Wildman–Crippen LogP) is 0.197. The highest BCUT2D eigenvalue weighted by atomic mass is 16.4. The van der Waals surface area contributed by atoms with Gasteiger partial charge >= 0.3 is 5.97 Å². The molecule has 0 aliphatic carbocycles. The molecule has 2 heterocycles. The molecule has 0 unspecified atom stereocenters. The van der Waals surface area contributed by atoms with E-state index in [9.17, 15) is 9.59 Å². The summed E-state index contributed by atoms with van der Waals surface area (Å²) in [5, 5.41) is 13.6. The van der Waals surface area contributed by atoms with E-state index >= 15 is 0 Å². The van der Waals surface area contributed by atoms with Crippen LogP contribution < -0.4 is 5.56 Å². The summed E-state index contributed by atoms with van der Waals surface area (Å²) in [5.74, 6) is -1.02. The summed E-state index contributed by atoms with van der Waals surface area (Å²) in [6.07, 6.45) is -0.278. The molecule has 0 aromatic carbocycles. The van der Waals surface area contributed by atoms with Crippen LogP contribution in [0, 0.1) is 6.92 Å². The molecule has 0 spiro atoms. The van der Waals surface area contributed by atoms with E-state index in [4.69, 9.17) is 5.11 Å². The lowest BCUT2D eigenvalue weighted by Crippen LogP contribution is -2.16. The minimum Gasteiger partial charge on any atom is -0.481 e. The minimum absolute atomic E-state index is 0.246. The van der Waals surface area contributed by atoms with Crippen molar-refractivity contribution in [2.45, 2.75) is 13.3 Å². The van der Waals surface area contributed by atoms with Gasteiger partial charge in [0.05, 0.1) is 12.1 Å². The summed E-state index contributed by atoms with van der Waals surface area (Å²) in [7, 11) is 1.72. The van der Waals surface area contributed by atoms with Crippen LogP contribution >= 0.6 is 0 Å². The monoisotopic (exact) mass is 221 g/mol. The number of pyridine rings is 1. The average Bonchev–Trinajstić information content (AvgIpc) is 2.43. The Morgan fingerprint density at radius 2 is 2.31 bits per heavy atom. The number of fused-ring (bicyclic) bond motifs is 1. The van der Waals surface area contributed by atoms with E-state index in [0.29, 0.717) is 5.65 Å². The molecule has 0 saturated carbocycles. The van der Waals surface area contributed by atoms with Gasteiger partial charge in [-0.1, -0.05) is 0 Å². The van der Waals surface area contributed by atoms with Crippen molar-refractivity contribution in [2.24, 2.45) is 7.05 Å². The molecule has 2 rings (SSSR count). The number of aromatic nitrogens is 3. The topological polar surface area (TPSA) is 88.0 Å². The smallest absolute Gasteiger partial charge is 0.308 e. The van der Waals surface area contributed by atoms with Crippen molar-refractivity contribution in [1.29, 1.82) is 0 Å². The number of nitrogens with one attached hydrogen (secondary N) is 1. The van der Waals surface area contributed by atoms with Gasteiger partial charge in [0, 0.05) is 18.0 Å². The molecule has 84 valence electrons. The SMILES string of the molecule is Cc1nn(C)c2[nH]c(=O)c(CC(=O)O)cc12. The Kier molecular flexibility index (Phi) is 2.26. The lowest BCUT2D eigenvalue weighted by Gasteiger charge is -1.98. The Bertz CT molecular complexity index is 624. The van der Waals surface area contributed by atoms with Crippen molar-refractivity contribution in [3.8, 4) is 0 Å². The third-order valence-corrected chi connectivity index (χ3v) is 2.45. The minimum atomic E-state index is -1.02. The number of H-pyrrole nitrogens is 1. The zero-order valence-corrected chi connectivity index (χ0v) is 8.94. The van der Waals surface area contributed by atoms with Crippen LogP contribution in [0.1, 0.15) is 11.3 Å². The molecule has 2 aromatic heterocycles. The van der Waals surface area contributed by atoms with E-state index in [0.717, 1.165) is 11.1 Å². The van der Waals surface area contributed by atoms with Crippen molar-refractivity contribution >= 4 is 17.0 Å². The molecule has 0 amide bonds. The largest absolute Gasteiger partial charge is 0.481 e. The van der Waals surface area contributed by atoms with Gasteiger partial charge in [0.15, 0.2) is 0 Å². The first-order valence-electron chi connectivity index (χ1n) is 4.76. The zero-order valence-electron chi connectivity index (χ0n) is 8.94. The average molecular weight is 221 g/mol. The highest BCUT2D eigenvalue weighted by Crippen LogP contribution is 2.14. The van der Waals surface area contributed by atoms with Crippen molar-refractivity contribution in [3.63, 3.8) is 0 Å². The van der Waals surface area contributed by atoms with Crippen LogP contribution in [0.25, 0.3) is 11.0 Å². The highest BCUT2D eigenvalue weighted by Gasteiger charge is 2.11. The Morgan fingerprint density at radius 1 is 1.62 bits per heavy atom. The second-order valence-corrected chi connectivity index (χ2v) is 3.67. The Morgan fingerprint density at radius 3 is 2.94 bits per heavy atom. The third-order valence-electron chi connectivity index (χ3n) is 2.45. The Hall–Kier alpha value is -2.11. The van der Waals surface area contributed by atoms with E-state index in [-0.39, 0.29) is 17.5 Å². The summed E-state index contributed by atoms with van der Waals surface area (Å²) in [4.78, 5) is 24.8. The van der Waals surface area contributed by atoms with E-state index in [1.807, 2.05) is 6.92 Å². The Labute approximate surface area is 90.5 Å². The Balaban J connectivity index is 2.70. The number of nitrogens with zero attached hydrogens (tertiary/aromatic N) is 2. The molecule has 0 saturated heterocycles. The molecule has 2 N–H and O–H groups in total. The van der Waals surface area contributed by atoms with Gasteiger partial charge < -0.3 is 10.1 Å². The number of hydrogen-bond acceptors (Lipinski definition) is 3. The van der Waals surface area contributed by atoms with Crippen molar-refractivity contribution in [1.82, 2.24) is 14.8 Å². The van der Waals surface area contributed by atoms with Crippen molar-refractivity contribution < 1.29 is 9.90 Å². The number of aromatic amines is 1. The van der Waals surface area contributed by atoms with Gasteiger partial charge in [-0.3, -0.25) is 14.3 Å².